The zero-order valence-electron chi connectivity index (χ0n) is 10.7. The van der Waals surface area contributed by atoms with Gasteiger partial charge in [0.15, 0.2) is 0 Å². The number of rotatable bonds is 4. The molecule has 90 valence electrons. The fourth-order valence-electron chi connectivity index (χ4n) is 1.85. The average molecular weight is 229 g/mol. The van der Waals surface area contributed by atoms with Crippen molar-refractivity contribution < 1.29 is 0 Å². The second kappa shape index (κ2) is 5.15. The Labute approximate surface area is 102 Å². The number of benzene rings is 1. The minimum Gasteiger partial charge on any atom is -0.313 e. The molecule has 1 aromatic heterocycles. The summed E-state index contributed by atoms with van der Waals surface area (Å²) in [6.07, 6.45) is 1.93. The Kier molecular flexibility index (Phi) is 3.59. The molecule has 0 unspecified atom stereocenters. The molecule has 1 N–H and O–H groups in total. The lowest BCUT2D eigenvalue weighted by Gasteiger charge is -2.04. The lowest BCUT2D eigenvalue weighted by molar-refractivity contribution is 0.727. The van der Waals surface area contributed by atoms with Crippen molar-refractivity contribution >= 4 is 0 Å². The summed E-state index contributed by atoms with van der Waals surface area (Å²) in [4.78, 5) is 0. The van der Waals surface area contributed by atoms with Crippen LogP contribution in [-0.4, -0.2) is 16.3 Å². The van der Waals surface area contributed by atoms with Gasteiger partial charge in [0, 0.05) is 24.8 Å². The highest BCUT2D eigenvalue weighted by Crippen LogP contribution is 2.22. The number of nitrogens with one attached hydrogen (secondary N) is 1. The van der Waals surface area contributed by atoms with Crippen LogP contribution in [0.1, 0.15) is 18.2 Å². The molecule has 1 heterocycles. The van der Waals surface area contributed by atoms with Gasteiger partial charge in [-0.05, 0) is 24.6 Å². The number of hydrogen-bond acceptors (Lipinski definition) is 2. The minimum absolute atomic E-state index is 0.933. The summed E-state index contributed by atoms with van der Waals surface area (Å²) >= 11 is 0. The molecular weight excluding hydrogens is 210 g/mol. The van der Waals surface area contributed by atoms with E-state index in [2.05, 4.69) is 48.5 Å². The monoisotopic (exact) mass is 229 g/mol. The van der Waals surface area contributed by atoms with Gasteiger partial charge in [-0.3, -0.25) is 4.68 Å². The molecule has 0 amide bonds. The molecule has 0 aliphatic heterocycles. The fraction of sp³-hybridized carbons (Fsp3) is 0.357. The van der Waals surface area contributed by atoms with Crippen LogP contribution in [0.15, 0.2) is 30.5 Å². The molecule has 0 spiro atoms. The van der Waals surface area contributed by atoms with Crippen LogP contribution in [0.25, 0.3) is 11.1 Å². The number of aromatic nitrogens is 2. The first-order valence-corrected chi connectivity index (χ1v) is 6.01. The standard InChI is InChI=1S/C14H19N3/c1-4-15-9-12-5-7-13(8-6-12)14-10-16-17(3)11(14)2/h5-8,10,15H,4,9H2,1-3H3. The Hall–Kier alpha value is -1.61. The average Bonchev–Trinajstić information content (AvgIpc) is 2.68. The molecule has 0 fully saturated rings. The van der Waals surface area contributed by atoms with Crippen molar-refractivity contribution in [2.24, 2.45) is 7.05 Å². The van der Waals surface area contributed by atoms with E-state index in [1.807, 2.05) is 17.9 Å². The first-order chi connectivity index (χ1) is 8.22. The SMILES string of the molecule is CCNCc1ccc(-c2cnn(C)c2C)cc1. The number of hydrogen-bond donors (Lipinski definition) is 1. The van der Waals surface area contributed by atoms with E-state index in [1.165, 1.54) is 22.4 Å². The molecule has 3 heteroatoms. The third kappa shape index (κ3) is 2.56. The van der Waals surface area contributed by atoms with E-state index in [4.69, 9.17) is 0 Å². The van der Waals surface area contributed by atoms with Crippen LogP contribution < -0.4 is 5.32 Å². The predicted octanol–water partition coefficient (Wildman–Crippen LogP) is 2.51. The number of nitrogens with zero attached hydrogens (tertiary/aromatic N) is 2. The van der Waals surface area contributed by atoms with E-state index in [1.54, 1.807) is 0 Å². The van der Waals surface area contributed by atoms with Gasteiger partial charge in [-0.25, -0.2) is 0 Å². The van der Waals surface area contributed by atoms with Crippen molar-refractivity contribution in [1.82, 2.24) is 15.1 Å². The first-order valence-electron chi connectivity index (χ1n) is 6.01. The predicted molar refractivity (Wildman–Crippen MR) is 70.8 cm³/mol. The summed E-state index contributed by atoms with van der Waals surface area (Å²) in [7, 11) is 1.97. The second-order valence-corrected chi connectivity index (χ2v) is 4.24. The molecule has 0 bridgehead atoms. The van der Waals surface area contributed by atoms with Gasteiger partial charge < -0.3 is 5.32 Å². The summed E-state index contributed by atoms with van der Waals surface area (Å²) < 4.78 is 1.90. The molecule has 0 radical (unpaired) electrons. The highest BCUT2D eigenvalue weighted by Gasteiger charge is 2.05. The lowest BCUT2D eigenvalue weighted by Crippen LogP contribution is -2.11. The van der Waals surface area contributed by atoms with Crippen LogP contribution in [0.5, 0.6) is 0 Å². The summed E-state index contributed by atoms with van der Waals surface area (Å²) in [6, 6.07) is 8.67. The van der Waals surface area contributed by atoms with E-state index < -0.39 is 0 Å². The maximum Gasteiger partial charge on any atom is 0.0571 e. The Bertz CT molecular complexity index is 483. The van der Waals surface area contributed by atoms with Gasteiger partial charge in [-0.1, -0.05) is 31.2 Å². The smallest absolute Gasteiger partial charge is 0.0571 e. The van der Waals surface area contributed by atoms with E-state index in [0.29, 0.717) is 0 Å². The maximum atomic E-state index is 4.27. The van der Waals surface area contributed by atoms with Gasteiger partial charge in [0.1, 0.15) is 0 Å². The van der Waals surface area contributed by atoms with E-state index in [0.717, 1.165) is 13.1 Å². The van der Waals surface area contributed by atoms with Crippen LogP contribution in [-0.2, 0) is 13.6 Å². The Balaban J connectivity index is 2.20. The molecule has 2 aromatic rings. The zero-order chi connectivity index (χ0) is 12.3. The second-order valence-electron chi connectivity index (χ2n) is 4.24. The van der Waals surface area contributed by atoms with Gasteiger partial charge in [0.05, 0.1) is 6.20 Å². The molecular formula is C14H19N3. The molecule has 0 saturated heterocycles. The Morgan fingerprint density at radius 3 is 2.47 bits per heavy atom. The summed E-state index contributed by atoms with van der Waals surface area (Å²) in [5.74, 6) is 0. The van der Waals surface area contributed by atoms with Gasteiger partial charge in [-0.15, -0.1) is 0 Å². The van der Waals surface area contributed by atoms with E-state index >= 15 is 0 Å². The molecule has 0 aliphatic carbocycles. The van der Waals surface area contributed by atoms with Crippen molar-refractivity contribution in [3.8, 4) is 11.1 Å². The summed E-state index contributed by atoms with van der Waals surface area (Å²) in [6.45, 7) is 6.15. The maximum absolute atomic E-state index is 4.27. The van der Waals surface area contributed by atoms with Gasteiger partial charge in [0.25, 0.3) is 0 Å². The summed E-state index contributed by atoms with van der Waals surface area (Å²) in [5.41, 5.74) is 4.96. The lowest BCUT2D eigenvalue weighted by atomic mass is 10.0. The zero-order valence-corrected chi connectivity index (χ0v) is 10.7. The molecule has 3 nitrogen and oxygen atoms in total. The van der Waals surface area contributed by atoms with Gasteiger partial charge in [-0.2, -0.15) is 5.10 Å². The normalized spacial score (nSPS) is 10.8. The van der Waals surface area contributed by atoms with Crippen LogP contribution >= 0.6 is 0 Å². The minimum atomic E-state index is 0.933. The highest BCUT2D eigenvalue weighted by atomic mass is 15.3. The molecule has 0 aliphatic rings. The molecule has 0 atom stereocenters. The van der Waals surface area contributed by atoms with Crippen molar-refractivity contribution in [3.63, 3.8) is 0 Å². The molecule has 0 saturated carbocycles. The van der Waals surface area contributed by atoms with E-state index in [9.17, 15) is 0 Å². The Morgan fingerprint density at radius 2 is 1.94 bits per heavy atom. The summed E-state index contributed by atoms with van der Waals surface area (Å²) in [5, 5.41) is 7.59. The Morgan fingerprint density at radius 1 is 1.24 bits per heavy atom. The van der Waals surface area contributed by atoms with Crippen LogP contribution in [0.4, 0.5) is 0 Å². The number of aryl methyl sites for hydroxylation is 1. The van der Waals surface area contributed by atoms with Crippen molar-refractivity contribution in [3.05, 3.63) is 41.7 Å². The quantitative estimate of drug-likeness (QED) is 0.873. The third-order valence-corrected chi connectivity index (χ3v) is 3.08. The third-order valence-electron chi connectivity index (χ3n) is 3.08. The largest absolute Gasteiger partial charge is 0.313 e. The van der Waals surface area contributed by atoms with Gasteiger partial charge in [0.2, 0.25) is 0 Å². The fourth-order valence-corrected chi connectivity index (χ4v) is 1.85. The van der Waals surface area contributed by atoms with Crippen molar-refractivity contribution in [2.75, 3.05) is 6.54 Å². The first kappa shape index (κ1) is 11.9. The highest BCUT2D eigenvalue weighted by molar-refractivity contribution is 5.65. The van der Waals surface area contributed by atoms with Crippen molar-refractivity contribution in [2.45, 2.75) is 20.4 Å². The molecule has 17 heavy (non-hydrogen) atoms. The topological polar surface area (TPSA) is 29.9 Å². The van der Waals surface area contributed by atoms with Gasteiger partial charge >= 0.3 is 0 Å². The van der Waals surface area contributed by atoms with Crippen molar-refractivity contribution in [1.29, 1.82) is 0 Å². The molecule has 2 rings (SSSR count). The van der Waals surface area contributed by atoms with Crippen LogP contribution in [0.2, 0.25) is 0 Å². The molecule has 1 aromatic carbocycles. The van der Waals surface area contributed by atoms with Crippen LogP contribution in [0, 0.1) is 6.92 Å². The van der Waals surface area contributed by atoms with E-state index in [-0.39, 0.29) is 0 Å². The van der Waals surface area contributed by atoms with Crippen LogP contribution in [0.3, 0.4) is 0 Å².